The van der Waals surface area contributed by atoms with Crippen molar-refractivity contribution in [3.63, 3.8) is 0 Å². The third kappa shape index (κ3) is 4.99. The van der Waals surface area contributed by atoms with Gasteiger partial charge in [0.2, 0.25) is 11.8 Å². The SMILES string of the molecule is COc1ccccc1N1CCN(CCNC(=O)[C@H]2CC(=O)N(c3ccccc3)C2)CC1. The van der Waals surface area contributed by atoms with Crippen LogP contribution in [0.5, 0.6) is 5.75 Å². The number of ether oxygens (including phenoxy) is 1. The van der Waals surface area contributed by atoms with Crippen molar-refractivity contribution < 1.29 is 14.3 Å². The maximum absolute atomic E-state index is 12.6. The van der Waals surface area contributed by atoms with Gasteiger partial charge in [-0.15, -0.1) is 0 Å². The summed E-state index contributed by atoms with van der Waals surface area (Å²) in [6.07, 6.45) is 0.276. The molecule has 0 aliphatic carbocycles. The number of para-hydroxylation sites is 3. The maximum atomic E-state index is 12.6. The molecule has 1 atom stereocenters. The molecule has 2 heterocycles. The second kappa shape index (κ2) is 9.83. The number of carbonyl (C=O) groups excluding carboxylic acids is 2. The van der Waals surface area contributed by atoms with Crippen molar-refractivity contribution in [2.75, 3.05) is 62.7 Å². The largest absolute Gasteiger partial charge is 0.495 e. The van der Waals surface area contributed by atoms with Crippen LogP contribution < -0.4 is 19.9 Å². The smallest absolute Gasteiger partial charge is 0.227 e. The van der Waals surface area contributed by atoms with E-state index in [4.69, 9.17) is 4.74 Å². The summed E-state index contributed by atoms with van der Waals surface area (Å²) < 4.78 is 5.48. The number of carbonyl (C=O) groups is 2. The molecule has 164 valence electrons. The summed E-state index contributed by atoms with van der Waals surface area (Å²) in [5, 5.41) is 3.03. The number of nitrogens with zero attached hydrogens (tertiary/aromatic N) is 3. The number of nitrogens with one attached hydrogen (secondary N) is 1. The average molecular weight is 423 g/mol. The molecule has 2 fully saturated rings. The Balaban J connectivity index is 1.20. The Bertz CT molecular complexity index is 897. The molecular weight excluding hydrogens is 392 g/mol. The highest BCUT2D eigenvalue weighted by Gasteiger charge is 2.35. The van der Waals surface area contributed by atoms with E-state index in [1.165, 1.54) is 0 Å². The molecule has 0 spiro atoms. The number of hydrogen-bond acceptors (Lipinski definition) is 5. The molecule has 0 radical (unpaired) electrons. The quantitative estimate of drug-likeness (QED) is 0.739. The van der Waals surface area contributed by atoms with Crippen LogP contribution >= 0.6 is 0 Å². The van der Waals surface area contributed by atoms with Crippen molar-refractivity contribution in [1.82, 2.24) is 10.2 Å². The molecule has 0 saturated carbocycles. The Kier molecular flexibility index (Phi) is 6.72. The van der Waals surface area contributed by atoms with Gasteiger partial charge in [-0.1, -0.05) is 30.3 Å². The van der Waals surface area contributed by atoms with Gasteiger partial charge in [-0.3, -0.25) is 14.5 Å². The highest BCUT2D eigenvalue weighted by atomic mass is 16.5. The summed E-state index contributed by atoms with van der Waals surface area (Å²) in [5.74, 6) is 0.604. The van der Waals surface area contributed by atoms with Crippen molar-refractivity contribution in [3.05, 3.63) is 54.6 Å². The Labute approximate surface area is 183 Å². The molecule has 7 nitrogen and oxygen atoms in total. The average Bonchev–Trinajstić information content (AvgIpc) is 3.22. The van der Waals surface area contributed by atoms with Gasteiger partial charge in [0.15, 0.2) is 0 Å². The van der Waals surface area contributed by atoms with Crippen LogP contribution in [0.4, 0.5) is 11.4 Å². The summed E-state index contributed by atoms with van der Waals surface area (Å²) in [4.78, 5) is 31.3. The first-order valence-corrected chi connectivity index (χ1v) is 10.9. The Morgan fingerprint density at radius 1 is 1.03 bits per heavy atom. The molecule has 1 N–H and O–H groups in total. The predicted octanol–water partition coefficient (Wildman–Crippen LogP) is 1.99. The van der Waals surface area contributed by atoms with E-state index in [1.54, 1.807) is 12.0 Å². The first-order valence-electron chi connectivity index (χ1n) is 10.9. The monoisotopic (exact) mass is 422 g/mol. The van der Waals surface area contributed by atoms with Gasteiger partial charge in [-0.25, -0.2) is 0 Å². The lowest BCUT2D eigenvalue weighted by Gasteiger charge is -2.36. The summed E-state index contributed by atoms with van der Waals surface area (Å²) >= 11 is 0. The van der Waals surface area contributed by atoms with E-state index >= 15 is 0 Å². The van der Waals surface area contributed by atoms with Gasteiger partial charge < -0.3 is 19.9 Å². The minimum absolute atomic E-state index is 0.0128. The number of methoxy groups -OCH3 is 1. The number of rotatable bonds is 7. The molecule has 0 unspecified atom stereocenters. The third-order valence-electron chi connectivity index (χ3n) is 6.09. The fourth-order valence-corrected chi connectivity index (χ4v) is 4.33. The van der Waals surface area contributed by atoms with Crippen LogP contribution in [0.15, 0.2) is 54.6 Å². The fourth-order valence-electron chi connectivity index (χ4n) is 4.33. The van der Waals surface area contributed by atoms with Crippen LogP contribution in [-0.2, 0) is 9.59 Å². The van der Waals surface area contributed by atoms with E-state index in [0.717, 1.165) is 49.8 Å². The molecule has 7 heteroatoms. The third-order valence-corrected chi connectivity index (χ3v) is 6.09. The van der Waals surface area contributed by atoms with Gasteiger partial charge in [0.25, 0.3) is 0 Å². The van der Waals surface area contributed by atoms with Crippen LogP contribution in [-0.4, -0.2) is 69.6 Å². The van der Waals surface area contributed by atoms with E-state index in [-0.39, 0.29) is 24.2 Å². The molecule has 31 heavy (non-hydrogen) atoms. The molecule has 2 amide bonds. The molecule has 2 aliphatic rings. The van der Waals surface area contributed by atoms with Gasteiger partial charge in [0, 0.05) is 57.9 Å². The number of piperazine rings is 1. The maximum Gasteiger partial charge on any atom is 0.227 e. The van der Waals surface area contributed by atoms with Gasteiger partial charge in [-0.05, 0) is 24.3 Å². The van der Waals surface area contributed by atoms with Crippen LogP contribution in [0, 0.1) is 5.92 Å². The van der Waals surface area contributed by atoms with Crippen LogP contribution in [0.1, 0.15) is 6.42 Å². The van der Waals surface area contributed by atoms with Crippen LogP contribution in [0.3, 0.4) is 0 Å². The Hall–Kier alpha value is -3.06. The second-order valence-corrected chi connectivity index (χ2v) is 8.03. The molecule has 2 aromatic rings. The van der Waals surface area contributed by atoms with E-state index in [9.17, 15) is 9.59 Å². The normalized spacial score (nSPS) is 19.5. The lowest BCUT2D eigenvalue weighted by molar-refractivity contribution is -0.126. The van der Waals surface area contributed by atoms with Crippen molar-refractivity contribution >= 4 is 23.2 Å². The lowest BCUT2D eigenvalue weighted by atomic mass is 10.1. The van der Waals surface area contributed by atoms with Crippen molar-refractivity contribution in [1.29, 1.82) is 0 Å². The molecule has 0 aromatic heterocycles. The van der Waals surface area contributed by atoms with Crippen LogP contribution in [0.25, 0.3) is 0 Å². The first-order chi connectivity index (χ1) is 15.2. The summed E-state index contributed by atoms with van der Waals surface area (Å²) in [7, 11) is 1.70. The predicted molar refractivity (Wildman–Crippen MR) is 122 cm³/mol. The minimum atomic E-state index is -0.282. The number of anilines is 2. The van der Waals surface area contributed by atoms with Gasteiger partial charge in [0.05, 0.1) is 18.7 Å². The van der Waals surface area contributed by atoms with E-state index < -0.39 is 0 Å². The summed E-state index contributed by atoms with van der Waals surface area (Å²) in [6, 6.07) is 17.6. The van der Waals surface area contributed by atoms with Gasteiger partial charge in [-0.2, -0.15) is 0 Å². The summed E-state index contributed by atoms with van der Waals surface area (Å²) in [5.41, 5.74) is 1.99. The van der Waals surface area contributed by atoms with Crippen molar-refractivity contribution in [3.8, 4) is 5.75 Å². The van der Waals surface area contributed by atoms with Gasteiger partial charge in [0.1, 0.15) is 5.75 Å². The molecule has 0 bridgehead atoms. The highest BCUT2D eigenvalue weighted by Crippen LogP contribution is 2.28. The lowest BCUT2D eigenvalue weighted by Crippen LogP contribution is -2.49. The molecule has 4 rings (SSSR count). The Morgan fingerprint density at radius 2 is 1.74 bits per heavy atom. The van der Waals surface area contributed by atoms with Crippen molar-refractivity contribution in [2.45, 2.75) is 6.42 Å². The van der Waals surface area contributed by atoms with E-state index in [2.05, 4.69) is 21.2 Å². The number of benzene rings is 2. The Morgan fingerprint density at radius 3 is 2.48 bits per heavy atom. The van der Waals surface area contributed by atoms with Gasteiger partial charge >= 0.3 is 0 Å². The zero-order valence-electron chi connectivity index (χ0n) is 18.0. The molecular formula is C24H30N4O3. The standard InChI is InChI=1S/C24H30N4O3/c1-31-22-10-6-5-9-21(22)27-15-13-26(14-16-27)12-11-25-24(30)19-17-23(29)28(18-19)20-7-3-2-4-8-20/h2-10,19H,11-18H2,1H3,(H,25,30)/t19-/m0/s1. The zero-order chi connectivity index (χ0) is 21.6. The molecule has 2 aliphatic heterocycles. The van der Waals surface area contributed by atoms with E-state index in [0.29, 0.717) is 13.1 Å². The zero-order valence-corrected chi connectivity index (χ0v) is 18.0. The van der Waals surface area contributed by atoms with Crippen molar-refractivity contribution in [2.24, 2.45) is 5.92 Å². The number of hydrogen-bond donors (Lipinski definition) is 1. The fraction of sp³-hybridized carbons (Fsp3) is 0.417. The number of amides is 2. The molecule has 2 aromatic carbocycles. The first kappa shape index (κ1) is 21.2. The second-order valence-electron chi connectivity index (χ2n) is 8.03. The van der Waals surface area contributed by atoms with Crippen LogP contribution in [0.2, 0.25) is 0 Å². The summed E-state index contributed by atoms with van der Waals surface area (Å²) in [6.45, 7) is 5.61. The topological polar surface area (TPSA) is 65.1 Å². The van der Waals surface area contributed by atoms with E-state index in [1.807, 2.05) is 48.5 Å². The minimum Gasteiger partial charge on any atom is -0.495 e. The highest BCUT2D eigenvalue weighted by molar-refractivity contribution is 6.00. The molecule has 2 saturated heterocycles.